The standard InChI is InChI=1S/C15H20N4OS/c1-12-3-4-13(21-12)11-17-14(20)15(5-8-16-9-6-15)19-10-2-7-18-19/h2-4,7,10,16H,5-6,8-9,11H2,1H3,(H,17,20). The molecule has 5 nitrogen and oxygen atoms in total. The van der Waals surface area contributed by atoms with E-state index in [-0.39, 0.29) is 5.91 Å². The Labute approximate surface area is 128 Å². The second-order valence-corrected chi connectivity index (χ2v) is 6.80. The second-order valence-electron chi connectivity index (χ2n) is 5.43. The largest absolute Gasteiger partial charge is 0.349 e. The highest BCUT2D eigenvalue weighted by atomic mass is 32.1. The third-order valence-electron chi connectivity index (χ3n) is 4.02. The highest BCUT2D eigenvalue weighted by molar-refractivity contribution is 7.11. The third-order valence-corrected chi connectivity index (χ3v) is 5.02. The molecule has 3 rings (SSSR count). The average Bonchev–Trinajstić information content (AvgIpc) is 3.17. The summed E-state index contributed by atoms with van der Waals surface area (Å²) in [4.78, 5) is 15.3. The maximum absolute atomic E-state index is 12.8. The van der Waals surface area contributed by atoms with Gasteiger partial charge in [-0.3, -0.25) is 9.48 Å². The number of aromatic nitrogens is 2. The molecule has 0 spiro atoms. The molecule has 0 aliphatic carbocycles. The van der Waals surface area contributed by atoms with Crippen molar-refractivity contribution in [3.8, 4) is 0 Å². The summed E-state index contributed by atoms with van der Waals surface area (Å²) < 4.78 is 1.82. The first-order valence-corrected chi connectivity index (χ1v) is 8.07. The number of hydrogen-bond donors (Lipinski definition) is 2. The fourth-order valence-corrected chi connectivity index (χ4v) is 3.66. The molecule has 0 atom stereocenters. The predicted molar refractivity (Wildman–Crippen MR) is 83.2 cm³/mol. The molecule has 2 N–H and O–H groups in total. The molecule has 112 valence electrons. The van der Waals surface area contributed by atoms with E-state index in [4.69, 9.17) is 0 Å². The van der Waals surface area contributed by atoms with Crippen LogP contribution in [0.5, 0.6) is 0 Å². The van der Waals surface area contributed by atoms with E-state index >= 15 is 0 Å². The maximum Gasteiger partial charge on any atom is 0.248 e. The third kappa shape index (κ3) is 2.87. The van der Waals surface area contributed by atoms with Gasteiger partial charge in [-0.25, -0.2) is 0 Å². The number of rotatable bonds is 4. The Morgan fingerprint density at radius 3 is 2.90 bits per heavy atom. The Hall–Kier alpha value is -1.66. The van der Waals surface area contributed by atoms with Crippen molar-refractivity contribution in [1.29, 1.82) is 0 Å². The summed E-state index contributed by atoms with van der Waals surface area (Å²) in [5, 5.41) is 10.7. The van der Waals surface area contributed by atoms with Crippen molar-refractivity contribution in [3.63, 3.8) is 0 Å². The predicted octanol–water partition coefficient (Wildman–Crippen LogP) is 1.65. The van der Waals surface area contributed by atoms with Gasteiger partial charge in [0, 0.05) is 22.1 Å². The van der Waals surface area contributed by atoms with Crippen molar-refractivity contribution < 1.29 is 4.79 Å². The van der Waals surface area contributed by atoms with Gasteiger partial charge in [0.25, 0.3) is 0 Å². The first-order chi connectivity index (χ1) is 10.2. The van der Waals surface area contributed by atoms with Crippen molar-refractivity contribution in [2.75, 3.05) is 13.1 Å². The van der Waals surface area contributed by atoms with Crippen molar-refractivity contribution in [3.05, 3.63) is 40.3 Å². The van der Waals surface area contributed by atoms with Crippen molar-refractivity contribution in [2.24, 2.45) is 0 Å². The zero-order chi connectivity index (χ0) is 14.7. The van der Waals surface area contributed by atoms with Crippen LogP contribution in [0.25, 0.3) is 0 Å². The van der Waals surface area contributed by atoms with Crippen LogP contribution >= 0.6 is 11.3 Å². The number of nitrogens with one attached hydrogen (secondary N) is 2. The lowest BCUT2D eigenvalue weighted by Crippen LogP contribution is -2.54. The fourth-order valence-electron chi connectivity index (χ4n) is 2.83. The zero-order valence-corrected chi connectivity index (χ0v) is 12.9. The van der Waals surface area contributed by atoms with E-state index in [1.54, 1.807) is 17.5 Å². The first-order valence-electron chi connectivity index (χ1n) is 7.25. The van der Waals surface area contributed by atoms with E-state index in [0.29, 0.717) is 6.54 Å². The molecule has 0 unspecified atom stereocenters. The smallest absolute Gasteiger partial charge is 0.248 e. The summed E-state index contributed by atoms with van der Waals surface area (Å²) in [5.74, 6) is 0.0683. The molecule has 1 fully saturated rings. The Bertz CT molecular complexity index is 599. The molecule has 0 aromatic carbocycles. The van der Waals surface area contributed by atoms with Crippen LogP contribution < -0.4 is 10.6 Å². The molecule has 6 heteroatoms. The summed E-state index contributed by atoms with van der Waals surface area (Å²) in [6.07, 6.45) is 5.16. The summed E-state index contributed by atoms with van der Waals surface area (Å²) in [7, 11) is 0. The Balaban J connectivity index is 1.75. The summed E-state index contributed by atoms with van der Waals surface area (Å²) in [5.41, 5.74) is -0.555. The van der Waals surface area contributed by atoms with Crippen LogP contribution in [0.15, 0.2) is 30.6 Å². The Kier molecular flexibility index (Phi) is 4.07. The van der Waals surface area contributed by atoms with E-state index in [1.807, 2.05) is 16.9 Å². The normalized spacial score (nSPS) is 17.6. The molecule has 0 saturated carbocycles. The number of thiophene rings is 1. The molecule has 2 aromatic heterocycles. The number of amides is 1. The van der Waals surface area contributed by atoms with Crippen molar-refractivity contribution in [1.82, 2.24) is 20.4 Å². The molecule has 1 aliphatic heterocycles. The highest BCUT2D eigenvalue weighted by Crippen LogP contribution is 2.27. The minimum absolute atomic E-state index is 0.0683. The van der Waals surface area contributed by atoms with Gasteiger partial charge >= 0.3 is 0 Å². The Morgan fingerprint density at radius 2 is 2.29 bits per heavy atom. The number of piperidine rings is 1. The van der Waals surface area contributed by atoms with Gasteiger partial charge in [0.1, 0.15) is 5.54 Å². The van der Waals surface area contributed by atoms with Gasteiger partial charge < -0.3 is 10.6 Å². The number of hydrogen-bond acceptors (Lipinski definition) is 4. The highest BCUT2D eigenvalue weighted by Gasteiger charge is 2.41. The van der Waals surface area contributed by atoms with Gasteiger partial charge in [0.2, 0.25) is 5.91 Å². The lowest BCUT2D eigenvalue weighted by Gasteiger charge is -2.36. The van der Waals surface area contributed by atoms with Crippen LogP contribution in [-0.4, -0.2) is 28.8 Å². The summed E-state index contributed by atoms with van der Waals surface area (Å²) in [6, 6.07) is 6.03. The number of aryl methyl sites for hydroxylation is 1. The molecule has 0 radical (unpaired) electrons. The fraction of sp³-hybridized carbons (Fsp3) is 0.467. The van der Waals surface area contributed by atoms with Crippen molar-refractivity contribution in [2.45, 2.75) is 31.8 Å². The molecule has 2 aromatic rings. The minimum atomic E-state index is -0.555. The molecule has 1 amide bonds. The summed E-state index contributed by atoms with van der Waals surface area (Å²) in [6.45, 7) is 4.35. The zero-order valence-electron chi connectivity index (χ0n) is 12.1. The van der Waals surface area contributed by atoms with E-state index in [0.717, 1.165) is 25.9 Å². The molecular weight excluding hydrogens is 284 g/mol. The lowest BCUT2D eigenvalue weighted by atomic mass is 9.87. The SMILES string of the molecule is Cc1ccc(CNC(=O)C2(n3cccn3)CCNCC2)s1. The van der Waals surface area contributed by atoms with E-state index < -0.39 is 5.54 Å². The van der Waals surface area contributed by atoms with Crippen LogP contribution in [-0.2, 0) is 16.9 Å². The molecule has 0 bridgehead atoms. The second kappa shape index (κ2) is 5.99. The summed E-state index contributed by atoms with van der Waals surface area (Å²) >= 11 is 1.72. The molecule has 3 heterocycles. The topological polar surface area (TPSA) is 59.0 Å². The molecule has 1 aliphatic rings. The number of carbonyl (C=O) groups excluding carboxylic acids is 1. The van der Waals surface area contributed by atoms with Crippen LogP contribution in [0.1, 0.15) is 22.6 Å². The van der Waals surface area contributed by atoms with Gasteiger partial charge in [-0.05, 0) is 51.1 Å². The van der Waals surface area contributed by atoms with Crippen LogP contribution in [0.2, 0.25) is 0 Å². The van der Waals surface area contributed by atoms with Crippen LogP contribution in [0, 0.1) is 6.92 Å². The molecular formula is C15H20N4OS. The van der Waals surface area contributed by atoms with Crippen molar-refractivity contribution >= 4 is 17.2 Å². The molecule has 1 saturated heterocycles. The van der Waals surface area contributed by atoms with Crippen LogP contribution in [0.4, 0.5) is 0 Å². The van der Waals surface area contributed by atoms with E-state index in [2.05, 4.69) is 34.8 Å². The Morgan fingerprint density at radius 1 is 1.48 bits per heavy atom. The minimum Gasteiger partial charge on any atom is -0.349 e. The first kappa shape index (κ1) is 14.3. The number of carbonyl (C=O) groups is 1. The lowest BCUT2D eigenvalue weighted by molar-refractivity contribution is -0.132. The van der Waals surface area contributed by atoms with Gasteiger partial charge in [-0.2, -0.15) is 5.10 Å². The van der Waals surface area contributed by atoms with Gasteiger partial charge in [-0.15, -0.1) is 11.3 Å². The monoisotopic (exact) mass is 304 g/mol. The van der Waals surface area contributed by atoms with Gasteiger partial charge in [0.05, 0.1) is 6.54 Å². The van der Waals surface area contributed by atoms with E-state index in [9.17, 15) is 4.79 Å². The maximum atomic E-state index is 12.8. The average molecular weight is 304 g/mol. The molecule has 21 heavy (non-hydrogen) atoms. The number of nitrogens with zero attached hydrogens (tertiary/aromatic N) is 2. The van der Waals surface area contributed by atoms with Crippen LogP contribution in [0.3, 0.4) is 0 Å². The van der Waals surface area contributed by atoms with Gasteiger partial charge in [-0.1, -0.05) is 0 Å². The van der Waals surface area contributed by atoms with E-state index in [1.165, 1.54) is 9.75 Å². The quantitative estimate of drug-likeness (QED) is 0.903. The van der Waals surface area contributed by atoms with Gasteiger partial charge in [0.15, 0.2) is 0 Å².